The van der Waals surface area contributed by atoms with Crippen molar-refractivity contribution in [2.75, 3.05) is 20.3 Å². The molecule has 1 heterocycles. The molecule has 3 aliphatic rings. The first-order valence-corrected chi connectivity index (χ1v) is 12.4. The van der Waals surface area contributed by atoms with Crippen LogP contribution in [0, 0.1) is 32.8 Å². The molecule has 2 N–H and O–H groups in total. The normalized spacial score (nSPS) is 35.3. The first kappa shape index (κ1) is 26.2. The molecule has 9 heteroatoms. The fraction of sp³-hybridized carbons (Fsp3) is 0.593. The summed E-state index contributed by atoms with van der Waals surface area (Å²) in [5.74, 6) is 0.224. The molecule has 3 fully saturated rings. The van der Waals surface area contributed by atoms with Crippen LogP contribution in [0.3, 0.4) is 0 Å². The van der Waals surface area contributed by atoms with Crippen molar-refractivity contribution in [3.63, 3.8) is 0 Å². The maximum absolute atomic E-state index is 12.6. The standard InChI is InChI=1S/C27H35NO8/c1-16-5-10-23-26(2,12-11-24(30)27(23,3)15-29)19(16)8-7-18-22(14-35-25(18)31)36-20-9-6-17(28(32)33)13-21(20)34-4/h6-7,9,13,19,22-24,29-30H,1,5,8,10-12,14-15H2,2-4H3/b18-7+/t19?,22-,23+,24?,26+,27+/m1/s1. The number of cyclic esters (lactones) is 1. The maximum atomic E-state index is 12.6. The summed E-state index contributed by atoms with van der Waals surface area (Å²) < 4.78 is 16.6. The van der Waals surface area contributed by atoms with Crippen molar-refractivity contribution >= 4 is 11.7 Å². The lowest BCUT2D eigenvalue weighted by molar-refractivity contribution is -0.385. The number of nitro groups is 1. The van der Waals surface area contributed by atoms with Gasteiger partial charge in [0.05, 0.1) is 36.4 Å². The van der Waals surface area contributed by atoms with E-state index in [-0.39, 0.29) is 47.7 Å². The topological polar surface area (TPSA) is 128 Å². The molecular weight excluding hydrogens is 466 g/mol. The molecule has 2 unspecified atom stereocenters. The second-order valence-electron chi connectivity index (χ2n) is 10.7. The largest absolute Gasteiger partial charge is 0.493 e. The summed E-state index contributed by atoms with van der Waals surface area (Å²) in [6.07, 6.45) is 4.29. The minimum atomic E-state index is -0.677. The van der Waals surface area contributed by atoms with Crippen LogP contribution < -0.4 is 9.47 Å². The summed E-state index contributed by atoms with van der Waals surface area (Å²) in [4.78, 5) is 23.2. The Labute approximate surface area is 210 Å². The lowest BCUT2D eigenvalue weighted by Crippen LogP contribution is -2.57. The van der Waals surface area contributed by atoms with Gasteiger partial charge in [-0.3, -0.25) is 10.1 Å². The molecule has 9 nitrogen and oxygen atoms in total. The van der Waals surface area contributed by atoms with Gasteiger partial charge in [0.15, 0.2) is 17.6 Å². The van der Waals surface area contributed by atoms with Crippen LogP contribution in [0.15, 0.2) is 42.0 Å². The van der Waals surface area contributed by atoms with Crippen LogP contribution in [0.25, 0.3) is 0 Å². The zero-order valence-corrected chi connectivity index (χ0v) is 21.1. The fourth-order valence-electron chi connectivity index (χ4n) is 6.67. The van der Waals surface area contributed by atoms with Crippen LogP contribution in [0.4, 0.5) is 5.69 Å². The average Bonchev–Trinajstić information content (AvgIpc) is 3.20. The van der Waals surface area contributed by atoms with Crippen molar-refractivity contribution in [3.05, 3.63) is 52.1 Å². The lowest BCUT2D eigenvalue weighted by atomic mass is 9.46. The molecule has 0 spiro atoms. The predicted molar refractivity (Wildman–Crippen MR) is 132 cm³/mol. The van der Waals surface area contributed by atoms with Crippen LogP contribution in [-0.4, -0.2) is 53.6 Å². The van der Waals surface area contributed by atoms with E-state index in [0.717, 1.165) is 24.8 Å². The Morgan fingerprint density at radius 3 is 2.72 bits per heavy atom. The van der Waals surface area contributed by atoms with E-state index >= 15 is 0 Å². The summed E-state index contributed by atoms with van der Waals surface area (Å²) in [5.41, 5.74) is 0.630. The fourth-order valence-corrected chi connectivity index (χ4v) is 6.67. The molecule has 1 saturated heterocycles. The summed E-state index contributed by atoms with van der Waals surface area (Å²) in [6.45, 7) is 8.49. The number of aliphatic hydroxyl groups excluding tert-OH is 2. The first-order valence-electron chi connectivity index (χ1n) is 12.4. The van der Waals surface area contributed by atoms with Crippen LogP contribution >= 0.6 is 0 Å². The SMILES string of the molecule is C=C1CC[C@H]2[C@@](C)(CCC(O)[C@@]2(C)CO)C1C/C=C1/C(=O)OC[C@H]1Oc1ccc([N+](=O)[O-])cc1OC. The molecule has 0 amide bonds. The van der Waals surface area contributed by atoms with E-state index in [1.54, 1.807) is 0 Å². The number of benzene rings is 1. The van der Waals surface area contributed by atoms with Crippen LogP contribution in [0.5, 0.6) is 11.5 Å². The summed E-state index contributed by atoms with van der Waals surface area (Å²) >= 11 is 0. The highest BCUT2D eigenvalue weighted by atomic mass is 16.6. The number of aliphatic hydroxyl groups is 2. The Balaban J connectivity index is 1.58. The van der Waals surface area contributed by atoms with Gasteiger partial charge < -0.3 is 24.4 Å². The van der Waals surface area contributed by atoms with Gasteiger partial charge in [0, 0.05) is 11.5 Å². The molecule has 2 aliphatic carbocycles. The van der Waals surface area contributed by atoms with Crippen molar-refractivity contribution < 1.29 is 34.1 Å². The van der Waals surface area contributed by atoms with Crippen molar-refractivity contribution in [3.8, 4) is 11.5 Å². The van der Waals surface area contributed by atoms with E-state index in [9.17, 15) is 25.1 Å². The van der Waals surface area contributed by atoms with E-state index in [1.807, 2.05) is 13.0 Å². The zero-order valence-electron chi connectivity index (χ0n) is 21.1. The molecule has 0 bridgehead atoms. The number of ether oxygens (including phenoxy) is 3. The van der Waals surface area contributed by atoms with Gasteiger partial charge in [0.2, 0.25) is 0 Å². The van der Waals surface area contributed by atoms with Gasteiger partial charge >= 0.3 is 5.97 Å². The molecule has 196 valence electrons. The average molecular weight is 502 g/mol. The highest BCUT2D eigenvalue weighted by molar-refractivity contribution is 5.91. The third kappa shape index (κ3) is 4.39. The van der Waals surface area contributed by atoms with Gasteiger partial charge in [-0.1, -0.05) is 32.1 Å². The molecular formula is C27H35NO8. The number of nitrogens with zero attached hydrogens (tertiary/aromatic N) is 1. The molecule has 2 saturated carbocycles. The Hall–Kier alpha value is -2.91. The number of hydrogen-bond donors (Lipinski definition) is 2. The Bertz CT molecular complexity index is 1080. The van der Waals surface area contributed by atoms with Gasteiger partial charge in [0.1, 0.15) is 6.61 Å². The van der Waals surface area contributed by atoms with E-state index in [0.29, 0.717) is 18.4 Å². The minimum absolute atomic E-state index is 0.0328. The maximum Gasteiger partial charge on any atom is 0.337 e. The zero-order chi connectivity index (χ0) is 26.3. The molecule has 1 aromatic rings. The smallest absolute Gasteiger partial charge is 0.337 e. The van der Waals surface area contributed by atoms with Gasteiger partial charge in [-0.25, -0.2) is 4.79 Å². The molecule has 4 rings (SSSR count). The lowest BCUT2D eigenvalue weighted by Gasteiger charge is -2.59. The number of esters is 1. The number of carbonyl (C=O) groups is 1. The Kier molecular flexibility index (Phi) is 7.16. The third-order valence-corrected chi connectivity index (χ3v) is 8.84. The summed E-state index contributed by atoms with van der Waals surface area (Å²) in [5, 5.41) is 32.0. The minimum Gasteiger partial charge on any atom is -0.493 e. The monoisotopic (exact) mass is 501 g/mol. The summed E-state index contributed by atoms with van der Waals surface area (Å²) in [6, 6.07) is 4.05. The first-order chi connectivity index (χ1) is 17.0. The number of nitro benzene ring substituents is 1. The van der Waals surface area contributed by atoms with Gasteiger partial charge in [-0.2, -0.15) is 0 Å². The molecule has 0 radical (unpaired) electrons. The number of hydrogen-bond acceptors (Lipinski definition) is 8. The van der Waals surface area contributed by atoms with Crippen molar-refractivity contribution in [1.82, 2.24) is 0 Å². The van der Waals surface area contributed by atoms with E-state index in [4.69, 9.17) is 14.2 Å². The van der Waals surface area contributed by atoms with Gasteiger partial charge in [-0.15, -0.1) is 0 Å². The number of carbonyl (C=O) groups excluding carboxylic acids is 1. The molecule has 0 aromatic heterocycles. The Morgan fingerprint density at radius 2 is 2.06 bits per heavy atom. The second-order valence-corrected chi connectivity index (χ2v) is 10.7. The van der Waals surface area contributed by atoms with E-state index < -0.39 is 28.5 Å². The number of fused-ring (bicyclic) bond motifs is 1. The Morgan fingerprint density at radius 1 is 1.31 bits per heavy atom. The predicted octanol–water partition coefficient (Wildman–Crippen LogP) is 3.97. The third-order valence-electron chi connectivity index (χ3n) is 8.84. The van der Waals surface area contributed by atoms with E-state index in [2.05, 4.69) is 13.5 Å². The van der Waals surface area contributed by atoms with Crippen molar-refractivity contribution in [2.24, 2.45) is 22.7 Å². The molecule has 1 aliphatic heterocycles. The highest BCUT2D eigenvalue weighted by Gasteiger charge is 2.57. The number of allylic oxidation sites excluding steroid dienone is 2. The van der Waals surface area contributed by atoms with Gasteiger partial charge in [0.25, 0.3) is 5.69 Å². The van der Waals surface area contributed by atoms with Crippen molar-refractivity contribution in [1.29, 1.82) is 0 Å². The van der Waals surface area contributed by atoms with Crippen LogP contribution in [-0.2, 0) is 9.53 Å². The number of non-ortho nitro benzene ring substituents is 1. The number of methoxy groups -OCH3 is 1. The van der Waals surface area contributed by atoms with Crippen molar-refractivity contribution in [2.45, 2.75) is 58.2 Å². The molecule has 36 heavy (non-hydrogen) atoms. The molecule has 1 aromatic carbocycles. The highest BCUT2D eigenvalue weighted by Crippen LogP contribution is 2.61. The van der Waals surface area contributed by atoms with Crippen LogP contribution in [0.2, 0.25) is 0 Å². The van der Waals surface area contributed by atoms with Gasteiger partial charge in [-0.05, 0) is 55.4 Å². The van der Waals surface area contributed by atoms with Crippen LogP contribution in [0.1, 0.15) is 46.0 Å². The number of rotatable bonds is 7. The quantitative estimate of drug-likeness (QED) is 0.189. The van der Waals surface area contributed by atoms with E-state index in [1.165, 1.54) is 25.3 Å². The molecule has 6 atom stereocenters. The summed E-state index contributed by atoms with van der Waals surface area (Å²) in [7, 11) is 1.39. The second kappa shape index (κ2) is 9.86.